The van der Waals surface area contributed by atoms with Crippen LogP contribution in [0.2, 0.25) is 0 Å². The van der Waals surface area contributed by atoms with E-state index in [1.165, 1.54) is 38.5 Å². The molecule has 2 rings (SSSR count). The number of aliphatic imine (C=N–C) groups is 1. The maximum atomic E-state index is 5.99. The summed E-state index contributed by atoms with van der Waals surface area (Å²) in [4.78, 5) is 6.83. The average molecular weight is 223 g/mol. The van der Waals surface area contributed by atoms with Crippen LogP contribution in [-0.2, 0) is 0 Å². The van der Waals surface area contributed by atoms with Crippen molar-refractivity contribution in [3.05, 3.63) is 0 Å². The summed E-state index contributed by atoms with van der Waals surface area (Å²) in [5, 5.41) is 0. The maximum Gasteiger partial charge on any atom is 0.191 e. The summed E-state index contributed by atoms with van der Waals surface area (Å²) in [6.07, 6.45) is 7.99. The van der Waals surface area contributed by atoms with Gasteiger partial charge >= 0.3 is 0 Å². The summed E-state index contributed by atoms with van der Waals surface area (Å²) >= 11 is 0. The molecule has 1 aliphatic heterocycles. The van der Waals surface area contributed by atoms with Gasteiger partial charge in [-0.05, 0) is 32.1 Å². The molecule has 1 saturated carbocycles. The van der Waals surface area contributed by atoms with E-state index in [4.69, 9.17) is 5.73 Å². The Morgan fingerprint density at radius 1 is 1.38 bits per heavy atom. The molecule has 0 saturated heterocycles. The Hall–Kier alpha value is -0.730. The van der Waals surface area contributed by atoms with Crippen LogP contribution in [0.3, 0.4) is 0 Å². The molecule has 0 bridgehead atoms. The quantitative estimate of drug-likeness (QED) is 0.781. The molecule has 2 unspecified atom stereocenters. The van der Waals surface area contributed by atoms with Crippen LogP contribution in [0.4, 0.5) is 0 Å². The normalized spacial score (nSPS) is 35.2. The van der Waals surface area contributed by atoms with Gasteiger partial charge in [-0.1, -0.05) is 26.2 Å². The Balaban J connectivity index is 2.08. The largest absolute Gasteiger partial charge is 0.370 e. The van der Waals surface area contributed by atoms with Gasteiger partial charge < -0.3 is 10.6 Å². The highest BCUT2D eigenvalue weighted by Gasteiger charge is 2.42. The molecule has 16 heavy (non-hydrogen) atoms. The van der Waals surface area contributed by atoms with Crippen LogP contribution in [-0.4, -0.2) is 29.5 Å². The minimum atomic E-state index is 0.281. The molecule has 1 spiro atoms. The fourth-order valence-electron chi connectivity index (χ4n) is 3.44. The first-order chi connectivity index (χ1) is 7.72. The standard InChI is InChI=1S/C13H25N3/c1-3-11-6-5-8-13(9-7-11)10-15-12(14)16(13)4-2/h11H,3-10H2,1-2H3,(H2,14,15). The van der Waals surface area contributed by atoms with E-state index in [0.29, 0.717) is 0 Å². The Morgan fingerprint density at radius 2 is 2.19 bits per heavy atom. The smallest absolute Gasteiger partial charge is 0.191 e. The molecular weight excluding hydrogens is 198 g/mol. The van der Waals surface area contributed by atoms with Gasteiger partial charge in [-0.3, -0.25) is 4.99 Å². The molecule has 0 radical (unpaired) electrons. The van der Waals surface area contributed by atoms with E-state index in [-0.39, 0.29) is 5.54 Å². The summed E-state index contributed by atoms with van der Waals surface area (Å²) in [6, 6.07) is 0. The maximum absolute atomic E-state index is 5.99. The van der Waals surface area contributed by atoms with Crippen molar-refractivity contribution in [2.75, 3.05) is 13.1 Å². The molecule has 3 heteroatoms. The SMILES string of the molecule is CCC1CCCC2(CC1)CN=C(N)N2CC. The fraction of sp³-hybridized carbons (Fsp3) is 0.923. The third-order valence-electron chi connectivity index (χ3n) is 4.55. The molecule has 3 nitrogen and oxygen atoms in total. The van der Waals surface area contributed by atoms with E-state index in [1.807, 2.05) is 0 Å². The fourth-order valence-corrected chi connectivity index (χ4v) is 3.44. The number of rotatable bonds is 2. The highest BCUT2D eigenvalue weighted by atomic mass is 15.3. The van der Waals surface area contributed by atoms with Gasteiger partial charge in [0.2, 0.25) is 0 Å². The van der Waals surface area contributed by atoms with Crippen molar-refractivity contribution in [3.8, 4) is 0 Å². The number of nitrogens with two attached hydrogens (primary N) is 1. The molecule has 0 aromatic rings. The average Bonchev–Trinajstić information content (AvgIpc) is 2.49. The first kappa shape index (κ1) is 11.7. The van der Waals surface area contributed by atoms with Crippen LogP contribution in [0.1, 0.15) is 52.4 Å². The third-order valence-corrected chi connectivity index (χ3v) is 4.55. The van der Waals surface area contributed by atoms with E-state index < -0.39 is 0 Å². The van der Waals surface area contributed by atoms with Crippen LogP contribution in [0.15, 0.2) is 4.99 Å². The summed E-state index contributed by atoms with van der Waals surface area (Å²) in [5.41, 5.74) is 6.27. The van der Waals surface area contributed by atoms with Crippen molar-refractivity contribution in [3.63, 3.8) is 0 Å². The summed E-state index contributed by atoms with van der Waals surface area (Å²) < 4.78 is 0. The van der Waals surface area contributed by atoms with Crippen molar-refractivity contribution in [1.29, 1.82) is 0 Å². The van der Waals surface area contributed by atoms with E-state index in [2.05, 4.69) is 23.7 Å². The van der Waals surface area contributed by atoms with E-state index in [9.17, 15) is 0 Å². The van der Waals surface area contributed by atoms with Gasteiger partial charge in [-0.25, -0.2) is 0 Å². The molecule has 1 heterocycles. The first-order valence-electron chi connectivity index (χ1n) is 6.79. The molecule has 2 N–H and O–H groups in total. The van der Waals surface area contributed by atoms with Crippen LogP contribution in [0.25, 0.3) is 0 Å². The topological polar surface area (TPSA) is 41.6 Å². The molecule has 0 aromatic heterocycles. The van der Waals surface area contributed by atoms with Crippen LogP contribution < -0.4 is 5.73 Å². The number of guanidine groups is 1. The number of nitrogens with zero attached hydrogens (tertiary/aromatic N) is 2. The van der Waals surface area contributed by atoms with Gasteiger partial charge in [0, 0.05) is 6.54 Å². The minimum Gasteiger partial charge on any atom is -0.370 e. The zero-order chi connectivity index (χ0) is 11.6. The monoisotopic (exact) mass is 223 g/mol. The lowest BCUT2D eigenvalue weighted by molar-refractivity contribution is 0.179. The molecule has 0 aromatic carbocycles. The van der Waals surface area contributed by atoms with Gasteiger partial charge in [-0.2, -0.15) is 0 Å². The Labute approximate surface area is 99.1 Å². The Bertz CT molecular complexity index is 274. The second-order valence-electron chi connectivity index (χ2n) is 5.35. The van der Waals surface area contributed by atoms with Crippen molar-refractivity contribution in [2.24, 2.45) is 16.6 Å². The molecule has 2 aliphatic rings. The first-order valence-corrected chi connectivity index (χ1v) is 6.79. The summed E-state index contributed by atoms with van der Waals surface area (Å²) in [6.45, 7) is 6.45. The van der Waals surface area contributed by atoms with Gasteiger partial charge in [0.05, 0.1) is 12.1 Å². The van der Waals surface area contributed by atoms with E-state index >= 15 is 0 Å². The predicted molar refractivity (Wildman–Crippen MR) is 68.5 cm³/mol. The zero-order valence-electron chi connectivity index (χ0n) is 10.7. The number of hydrogen-bond donors (Lipinski definition) is 1. The van der Waals surface area contributed by atoms with Crippen LogP contribution in [0, 0.1) is 5.92 Å². The number of likely N-dealkylation sites (N-methyl/N-ethyl adjacent to an activating group) is 1. The summed E-state index contributed by atoms with van der Waals surface area (Å²) in [7, 11) is 0. The lowest BCUT2D eigenvalue weighted by Gasteiger charge is -2.38. The van der Waals surface area contributed by atoms with Crippen LogP contribution >= 0.6 is 0 Å². The van der Waals surface area contributed by atoms with Gasteiger partial charge in [-0.15, -0.1) is 0 Å². The molecule has 0 amide bonds. The second-order valence-corrected chi connectivity index (χ2v) is 5.35. The van der Waals surface area contributed by atoms with Crippen molar-refractivity contribution in [2.45, 2.75) is 57.9 Å². The molecule has 1 fully saturated rings. The molecular formula is C13H25N3. The third kappa shape index (κ3) is 1.92. The Morgan fingerprint density at radius 3 is 2.88 bits per heavy atom. The summed E-state index contributed by atoms with van der Waals surface area (Å²) in [5.74, 6) is 1.71. The van der Waals surface area contributed by atoms with Gasteiger partial charge in [0.1, 0.15) is 0 Å². The molecule has 2 atom stereocenters. The lowest BCUT2D eigenvalue weighted by atomic mass is 9.88. The van der Waals surface area contributed by atoms with Gasteiger partial charge in [0.25, 0.3) is 0 Å². The Kier molecular flexibility index (Phi) is 3.41. The van der Waals surface area contributed by atoms with Crippen molar-refractivity contribution < 1.29 is 0 Å². The number of hydrogen-bond acceptors (Lipinski definition) is 3. The van der Waals surface area contributed by atoms with E-state index in [0.717, 1.165) is 25.0 Å². The minimum absolute atomic E-state index is 0.281. The van der Waals surface area contributed by atoms with Gasteiger partial charge in [0.15, 0.2) is 5.96 Å². The highest BCUT2D eigenvalue weighted by molar-refractivity contribution is 5.81. The van der Waals surface area contributed by atoms with Crippen molar-refractivity contribution >= 4 is 5.96 Å². The second kappa shape index (κ2) is 4.64. The molecule has 1 aliphatic carbocycles. The molecule has 92 valence electrons. The van der Waals surface area contributed by atoms with Crippen molar-refractivity contribution in [1.82, 2.24) is 4.90 Å². The van der Waals surface area contributed by atoms with E-state index in [1.54, 1.807) is 0 Å². The lowest BCUT2D eigenvalue weighted by Crippen LogP contribution is -2.51. The highest BCUT2D eigenvalue weighted by Crippen LogP contribution is 2.38. The zero-order valence-corrected chi connectivity index (χ0v) is 10.7. The predicted octanol–water partition coefficient (Wildman–Crippen LogP) is 2.37. The van der Waals surface area contributed by atoms with Crippen LogP contribution in [0.5, 0.6) is 0 Å².